The zero-order valence-corrected chi connectivity index (χ0v) is 21.0. The molecule has 0 saturated carbocycles. The van der Waals surface area contributed by atoms with Crippen molar-refractivity contribution < 1.29 is 22.7 Å². The van der Waals surface area contributed by atoms with E-state index in [-0.39, 0.29) is 11.7 Å². The summed E-state index contributed by atoms with van der Waals surface area (Å²) in [5.41, 5.74) is 8.67. The summed E-state index contributed by atoms with van der Waals surface area (Å²) in [6.45, 7) is 1.91. The summed E-state index contributed by atoms with van der Waals surface area (Å²) < 4.78 is 45.6. The third kappa shape index (κ3) is 4.83. The van der Waals surface area contributed by atoms with Gasteiger partial charge in [0.2, 0.25) is 5.91 Å². The minimum absolute atomic E-state index is 0.000897. The molecular weight excluding hydrogens is 495 g/mol. The number of nitrogens with two attached hydrogens (primary N) is 1. The number of hydrogen-bond donors (Lipinski definition) is 3. The molecule has 4 N–H and O–H groups in total. The number of fused-ring (bicyclic) bond motifs is 2. The molecule has 3 heterocycles. The van der Waals surface area contributed by atoms with Crippen molar-refractivity contribution in [3.63, 3.8) is 0 Å². The number of nitrogens with one attached hydrogen (secondary N) is 2. The molecule has 0 aliphatic heterocycles. The Morgan fingerprint density at radius 3 is 2.50 bits per heavy atom. The first-order chi connectivity index (χ1) is 18.1. The predicted octanol–water partition coefficient (Wildman–Crippen LogP) is 4.66. The van der Waals surface area contributed by atoms with Gasteiger partial charge in [0, 0.05) is 53.5 Å². The van der Waals surface area contributed by atoms with Crippen LogP contribution in [0.1, 0.15) is 30.5 Å². The van der Waals surface area contributed by atoms with Gasteiger partial charge in [0.25, 0.3) is 0 Å². The minimum Gasteiger partial charge on any atom is -0.488 e. The van der Waals surface area contributed by atoms with E-state index in [2.05, 4.69) is 32.4 Å². The Labute approximate surface area is 217 Å². The lowest BCUT2D eigenvalue weighted by Gasteiger charge is -2.36. The molecule has 1 aliphatic carbocycles. The second kappa shape index (κ2) is 9.75. The molecule has 7 nitrogen and oxygen atoms in total. The fourth-order valence-electron chi connectivity index (χ4n) is 5.28. The van der Waals surface area contributed by atoms with E-state index in [0.29, 0.717) is 17.0 Å². The first-order valence-corrected chi connectivity index (χ1v) is 12.3. The lowest BCUT2D eigenvalue weighted by molar-refractivity contribution is -0.139. The topological polar surface area (TPSA) is 106 Å². The van der Waals surface area contributed by atoms with Crippen molar-refractivity contribution in [2.45, 2.75) is 44.5 Å². The van der Waals surface area contributed by atoms with Gasteiger partial charge in [0.1, 0.15) is 23.0 Å². The zero-order chi connectivity index (χ0) is 27.1. The fraction of sp³-hybridized carbons (Fsp3) is 0.321. The van der Waals surface area contributed by atoms with Gasteiger partial charge in [-0.2, -0.15) is 13.2 Å². The van der Waals surface area contributed by atoms with E-state index in [1.807, 2.05) is 18.2 Å². The number of ether oxygens (including phenoxy) is 1. The predicted molar refractivity (Wildman–Crippen MR) is 137 cm³/mol. The van der Waals surface area contributed by atoms with Gasteiger partial charge in [0.15, 0.2) is 0 Å². The lowest BCUT2D eigenvalue weighted by atomic mass is 9.79. The van der Waals surface area contributed by atoms with Crippen molar-refractivity contribution in [1.82, 2.24) is 20.3 Å². The first kappa shape index (κ1) is 25.7. The third-order valence-electron chi connectivity index (χ3n) is 7.15. The average molecular weight is 524 g/mol. The molecule has 0 spiro atoms. The minimum atomic E-state index is -4.53. The van der Waals surface area contributed by atoms with Crippen molar-refractivity contribution in [2.24, 2.45) is 11.7 Å². The van der Waals surface area contributed by atoms with Crippen LogP contribution in [-0.2, 0) is 23.2 Å². The number of alkyl halides is 3. The Balaban J connectivity index is 1.48. The van der Waals surface area contributed by atoms with Gasteiger partial charge in [-0.3, -0.25) is 15.1 Å². The van der Waals surface area contributed by atoms with E-state index < -0.39 is 30.1 Å². The molecule has 0 unspecified atom stereocenters. The van der Waals surface area contributed by atoms with Crippen molar-refractivity contribution in [1.29, 1.82) is 0 Å². The number of carbonyl (C=O) groups is 1. The molecule has 0 fully saturated rings. The average Bonchev–Trinajstić information content (AvgIpc) is 3.47. The number of rotatable bonds is 8. The summed E-state index contributed by atoms with van der Waals surface area (Å²) in [4.78, 5) is 24.5. The molecule has 1 atom stereocenters. The molecule has 0 bridgehead atoms. The highest BCUT2D eigenvalue weighted by Crippen LogP contribution is 2.36. The molecule has 198 valence electrons. The molecule has 10 heteroatoms. The van der Waals surface area contributed by atoms with E-state index >= 15 is 0 Å². The van der Waals surface area contributed by atoms with Gasteiger partial charge >= 0.3 is 6.18 Å². The van der Waals surface area contributed by atoms with Crippen LogP contribution in [0.25, 0.3) is 22.2 Å². The molecule has 3 aromatic heterocycles. The Morgan fingerprint density at radius 1 is 1.16 bits per heavy atom. The summed E-state index contributed by atoms with van der Waals surface area (Å²) in [7, 11) is 0. The second-order valence-electron chi connectivity index (χ2n) is 9.94. The Hall–Kier alpha value is -3.92. The van der Waals surface area contributed by atoms with Crippen LogP contribution in [-0.4, -0.2) is 39.7 Å². The van der Waals surface area contributed by atoms with E-state index in [4.69, 9.17) is 10.5 Å². The molecule has 4 aromatic rings. The maximum absolute atomic E-state index is 13.1. The van der Waals surface area contributed by atoms with E-state index in [1.165, 1.54) is 17.3 Å². The van der Waals surface area contributed by atoms with Gasteiger partial charge in [-0.15, -0.1) is 0 Å². The number of pyridine rings is 2. The van der Waals surface area contributed by atoms with Crippen LogP contribution >= 0.6 is 0 Å². The van der Waals surface area contributed by atoms with Crippen LogP contribution in [0.15, 0.2) is 61.2 Å². The van der Waals surface area contributed by atoms with Gasteiger partial charge in [0.05, 0.1) is 12.7 Å². The number of amides is 1. The summed E-state index contributed by atoms with van der Waals surface area (Å²) in [6.07, 6.45) is 3.47. The SMILES string of the molecule is CC(C)[C@](NCC(F)(F)F)(C(N)=O)c1cncc(-c2c[nH]c3ncc(OC4Cc5ccccc5C4)cc23)c1. The second-order valence-corrected chi connectivity index (χ2v) is 9.94. The highest BCUT2D eigenvalue weighted by molar-refractivity contribution is 5.94. The van der Waals surface area contributed by atoms with Crippen molar-refractivity contribution in [2.75, 3.05) is 6.54 Å². The van der Waals surface area contributed by atoms with Crippen LogP contribution in [0.2, 0.25) is 0 Å². The quantitative estimate of drug-likeness (QED) is 0.312. The van der Waals surface area contributed by atoms with Gasteiger partial charge in [-0.05, 0) is 29.2 Å². The van der Waals surface area contributed by atoms with Gasteiger partial charge in [-0.1, -0.05) is 38.1 Å². The number of carbonyl (C=O) groups excluding carboxylic acids is 1. The molecule has 38 heavy (non-hydrogen) atoms. The van der Waals surface area contributed by atoms with Crippen LogP contribution in [0.3, 0.4) is 0 Å². The Morgan fingerprint density at radius 2 is 1.87 bits per heavy atom. The molecule has 0 radical (unpaired) electrons. The highest BCUT2D eigenvalue weighted by Gasteiger charge is 2.44. The number of nitrogens with zero attached hydrogens (tertiary/aromatic N) is 2. The Kier molecular flexibility index (Phi) is 6.60. The molecule has 0 saturated heterocycles. The number of aromatic nitrogens is 3. The number of aromatic amines is 1. The third-order valence-corrected chi connectivity index (χ3v) is 7.15. The fourth-order valence-corrected chi connectivity index (χ4v) is 5.28. The number of primary amides is 1. The molecule has 5 rings (SSSR count). The smallest absolute Gasteiger partial charge is 0.401 e. The molecule has 1 amide bonds. The van der Waals surface area contributed by atoms with Crippen molar-refractivity contribution in [3.8, 4) is 16.9 Å². The maximum Gasteiger partial charge on any atom is 0.401 e. The number of benzene rings is 1. The van der Waals surface area contributed by atoms with Gasteiger partial charge in [-0.25, -0.2) is 4.98 Å². The summed E-state index contributed by atoms with van der Waals surface area (Å²) >= 11 is 0. The Bertz CT molecular complexity index is 1460. The highest BCUT2D eigenvalue weighted by atomic mass is 19.4. The monoisotopic (exact) mass is 523 g/mol. The molecule has 1 aliphatic rings. The largest absolute Gasteiger partial charge is 0.488 e. The standard InChI is InChI=1S/C28H28F3N5O2/c1-16(2)28(26(32)37,36-15-27(29,30)31)20-7-19(11-33-12-20)24-14-35-25-23(24)10-22(13-34-25)38-21-8-17-5-3-4-6-18(17)9-21/h3-7,10-14,16,21,36H,8-9,15H2,1-2H3,(H2,32,37)(H,34,35)/t28-/m1/s1. The normalized spacial score (nSPS) is 15.5. The first-order valence-electron chi connectivity index (χ1n) is 12.3. The van der Waals surface area contributed by atoms with Crippen LogP contribution in [0, 0.1) is 5.92 Å². The molecular formula is C28H28F3N5O2. The van der Waals surface area contributed by atoms with Crippen molar-refractivity contribution >= 4 is 16.9 Å². The maximum atomic E-state index is 13.1. The number of hydrogen-bond acceptors (Lipinski definition) is 5. The van der Waals surface area contributed by atoms with Crippen LogP contribution < -0.4 is 15.8 Å². The van der Waals surface area contributed by atoms with Crippen LogP contribution in [0.4, 0.5) is 13.2 Å². The summed E-state index contributed by atoms with van der Waals surface area (Å²) in [5.74, 6) is -0.884. The van der Waals surface area contributed by atoms with Crippen molar-refractivity contribution in [3.05, 3.63) is 77.9 Å². The molecule has 1 aromatic carbocycles. The van der Waals surface area contributed by atoms with E-state index in [9.17, 15) is 18.0 Å². The van der Waals surface area contributed by atoms with E-state index in [1.54, 1.807) is 38.5 Å². The van der Waals surface area contributed by atoms with E-state index in [0.717, 1.165) is 23.8 Å². The lowest BCUT2D eigenvalue weighted by Crippen LogP contribution is -2.58. The summed E-state index contributed by atoms with van der Waals surface area (Å²) in [5, 5.41) is 3.13. The number of H-pyrrole nitrogens is 1. The van der Waals surface area contributed by atoms with Crippen LogP contribution in [0.5, 0.6) is 5.75 Å². The van der Waals surface area contributed by atoms with Gasteiger partial charge < -0.3 is 15.5 Å². The zero-order valence-electron chi connectivity index (χ0n) is 21.0. The number of halogens is 3. The summed E-state index contributed by atoms with van der Waals surface area (Å²) in [6, 6.07) is 11.8.